The molecule has 0 aliphatic carbocycles. The number of halogens is 1. The Hall–Kier alpha value is -1.82. The first-order chi connectivity index (χ1) is 9.45. The van der Waals surface area contributed by atoms with Crippen LogP contribution in [0.15, 0.2) is 40.4 Å². The Labute approximate surface area is 125 Å². The highest BCUT2D eigenvalue weighted by molar-refractivity contribution is 9.10. The van der Waals surface area contributed by atoms with E-state index in [9.17, 15) is 9.59 Å². The number of hydrogen-bond acceptors (Lipinski definition) is 2. The van der Waals surface area contributed by atoms with Gasteiger partial charge in [0.05, 0.1) is 16.3 Å². The van der Waals surface area contributed by atoms with E-state index in [2.05, 4.69) is 27.5 Å². The highest BCUT2D eigenvalue weighted by Gasteiger charge is 2.18. The number of nitrogens with zero attached hydrogens (tertiary/aromatic N) is 2. The molecule has 5 nitrogen and oxygen atoms in total. The first-order valence-corrected chi connectivity index (χ1v) is 6.98. The van der Waals surface area contributed by atoms with Crippen molar-refractivity contribution in [3.8, 4) is 0 Å². The maximum atomic E-state index is 11.7. The number of imidazole rings is 1. The third-order valence-corrected chi connectivity index (χ3v) is 4.00. The minimum atomic E-state index is -0.152. The molecule has 0 aliphatic heterocycles. The second-order valence-electron chi connectivity index (χ2n) is 4.62. The molecule has 0 saturated heterocycles. The highest BCUT2D eigenvalue weighted by Crippen LogP contribution is 2.25. The molecule has 20 heavy (non-hydrogen) atoms. The van der Waals surface area contributed by atoms with Crippen LogP contribution in [0, 0.1) is 0 Å². The molecule has 0 bridgehead atoms. The number of ketones is 1. The topological polar surface area (TPSA) is 59.8 Å². The molecule has 2 aromatic rings. The zero-order valence-electron chi connectivity index (χ0n) is 11.4. The summed E-state index contributed by atoms with van der Waals surface area (Å²) in [6.07, 6.45) is 4.03. The van der Waals surface area contributed by atoms with Gasteiger partial charge in [-0.2, -0.15) is 0 Å². The molecule has 0 unspecified atom stereocenters. The molecule has 0 radical (unpaired) electrons. The van der Waals surface area contributed by atoms with Gasteiger partial charge in [-0.3, -0.25) is 9.36 Å². The van der Waals surface area contributed by atoms with Crippen molar-refractivity contribution in [1.29, 1.82) is 0 Å². The van der Waals surface area contributed by atoms with Crippen molar-refractivity contribution in [2.24, 2.45) is 7.05 Å². The summed E-state index contributed by atoms with van der Waals surface area (Å²) in [6, 6.07) is 3.50. The summed E-state index contributed by atoms with van der Waals surface area (Å²) < 4.78 is 4.25. The maximum Gasteiger partial charge on any atom is 0.325 e. The van der Waals surface area contributed by atoms with E-state index in [1.165, 1.54) is 6.92 Å². The molecule has 2 rings (SSSR count). The van der Waals surface area contributed by atoms with Crippen LogP contribution in [0.5, 0.6) is 0 Å². The second kappa shape index (κ2) is 5.66. The van der Waals surface area contributed by atoms with Crippen molar-refractivity contribution in [1.82, 2.24) is 14.1 Å². The molecule has 2 heterocycles. The number of Topliss-reactive ketones (excluding diaryl/α,β-unsaturated/α-hetero) is 1. The number of hydrogen-bond donors (Lipinski definition) is 1. The summed E-state index contributed by atoms with van der Waals surface area (Å²) in [5.41, 5.74) is 1.32. The number of allylic oxidation sites excluding steroid dienone is 1. The van der Waals surface area contributed by atoms with E-state index in [4.69, 9.17) is 0 Å². The van der Waals surface area contributed by atoms with Crippen LogP contribution >= 0.6 is 15.9 Å². The van der Waals surface area contributed by atoms with Gasteiger partial charge in [0.2, 0.25) is 0 Å². The molecule has 1 N–H and O–H groups in total. The number of H-pyrrole nitrogens is 1. The average Bonchev–Trinajstić information content (AvgIpc) is 2.93. The van der Waals surface area contributed by atoms with Gasteiger partial charge in [-0.25, -0.2) is 4.79 Å². The lowest BCUT2D eigenvalue weighted by Crippen LogP contribution is -2.19. The summed E-state index contributed by atoms with van der Waals surface area (Å²) >= 11 is 3.45. The van der Waals surface area contributed by atoms with Crippen molar-refractivity contribution >= 4 is 21.7 Å². The Morgan fingerprint density at radius 2 is 2.25 bits per heavy atom. The molecular formula is C14H16BrN3O2. The minimum absolute atomic E-state index is 0.00879. The van der Waals surface area contributed by atoms with Gasteiger partial charge in [0.1, 0.15) is 0 Å². The first-order valence-electron chi connectivity index (χ1n) is 6.19. The van der Waals surface area contributed by atoms with E-state index in [0.717, 1.165) is 10.3 Å². The molecule has 1 atom stereocenters. The van der Waals surface area contributed by atoms with Gasteiger partial charge < -0.3 is 9.55 Å². The second-order valence-corrected chi connectivity index (χ2v) is 5.43. The zero-order valence-corrected chi connectivity index (χ0v) is 13.0. The van der Waals surface area contributed by atoms with Gasteiger partial charge >= 0.3 is 5.69 Å². The molecule has 106 valence electrons. The summed E-state index contributed by atoms with van der Waals surface area (Å²) in [5, 5.41) is 0. The van der Waals surface area contributed by atoms with Crippen LogP contribution < -0.4 is 5.69 Å². The van der Waals surface area contributed by atoms with E-state index in [0.29, 0.717) is 12.1 Å². The van der Waals surface area contributed by atoms with Crippen LogP contribution in [-0.2, 0) is 13.5 Å². The average molecular weight is 338 g/mol. The quantitative estimate of drug-likeness (QED) is 0.672. The van der Waals surface area contributed by atoms with E-state index in [1.807, 2.05) is 10.6 Å². The van der Waals surface area contributed by atoms with Crippen molar-refractivity contribution in [2.45, 2.75) is 19.4 Å². The number of carbonyl (C=O) groups excluding carboxylic acids is 1. The van der Waals surface area contributed by atoms with Crippen LogP contribution in [0.3, 0.4) is 0 Å². The summed E-state index contributed by atoms with van der Waals surface area (Å²) in [4.78, 5) is 25.8. The molecule has 0 spiro atoms. The predicted octanol–water partition coefficient (Wildman–Crippen LogP) is 2.45. The Kier molecular flexibility index (Phi) is 4.13. The zero-order chi connectivity index (χ0) is 14.9. The van der Waals surface area contributed by atoms with Gasteiger partial charge in [0.25, 0.3) is 0 Å². The van der Waals surface area contributed by atoms with Gasteiger partial charge in [0.15, 0.2) is 5.78 Å². The van der Waals surface area contributed by atoms with Crippen LogP contribution in [0.4, 0.5) is 0 Å². The van der Waals surface area contributed by atoms with Crippen molar-refractivity contribution < 1.29 is 4.79 Å². The Morgan fingerprint density at radius 1 is 1.55 bits per heavy atom. The summed E-state index contributed by atoms with van der Waals surface area (Å²) in [5.74, 6) is -0.00879. The minimum Gasteiger partial charge on any atom is -0.325 e. The molecule has 2 aromatic heterocycles. The number of aromatic amines is 1. The highest BCUT2D eigenvalue weighted by atomic mass is 79.9. The molecule has 0 aromatic carbocycles. The molecule has 0 saturated carbocycles. The molecular weight excluding hydrogens is 322 g/mol. The predicted molar refractivity (Wildman–Crippen MR) is 81.1 cm³/mol. The Balaban J connectivity index is 2.41. The van der Waals surface area contributed by atoms with Gasteiger partial charge in [0, 0.05) is 32.3 Å². The molecule has 0 aliphatic rings. The van der Waals surface area contributed by atoms with E-state index < -0.39 is 0 Å². The van der Waals surface area contributed by atoms with E-state index in [1.54, 1.807) is 30.0 Å². The lowest BCUT2D eigenvalue weighted by molar-refractivity contribution is 0.100. The fourth-order valence-corrected chi connectivity index (χ4v) is 2.79. The van der Waals surface area contributed by atoms with Crippen LogP contribution in [-0.4, -0.2) is 19.9 Å². The number of aromatic nitrogens is 3. The number of carbonyl (C=O) groups is 1. The van der Waals surface area contributed by atoms with E-state index in [-0.39, 0.29) is 17.5 Å². The maximum absolute atomic E-state index is 11.7. The third-order valence-electron chi connectivity index (χ3n) is 3.35. The van der Waals surface area contributed by atoms with Crippen LogP contribution in [0.2, 0.25) is 0 Å². The smallest absolute Gasteiger partial charge is 0.325 e. The molecule has 0 fully saturated rings. The van der Waals surface area contributed by atoms with Crippen LogP contribution in [0.1, 0.15) is 29.1 Å². The molecule has 6 heteroatoms. The van der Waals surface area contributed by atoms with Crippen molar-refractivity contribution in [3.63, 3.8) is 0 Å². The van der Waals surface area contributed by atoms with E-state index >= 15 is 0 Å². The third kappa shape index (κ3) is 2.56. The van der Waals surface area contributed by atoms with Gasteiger partial charge in [-0.05, 0) is 28.1 Å². The van der Waals surface area contributed by atoms with Gasteiger partial charge in [-0.1, -0.05) is 6.08 Å². The van der Waals surface area contributed by atoms with Crippen molar-refractivity contribution in [2.75, 3.05) is 0 Å². The standard InChI is InChI=1S/C14H16BrN3O2/c1-4-10(7-11-8-16-14(20)17(11)3)18-12(9(2)19)5-6-13(18)15/h4-6,8,10H,1,7H2,2-3H3,(H,16,20)/t10-/m0/s1. The fourth-order valence-electron chi connectivity index (χ4n) is 2.21. The number of nitrogens with one attached hydrogen (secondary N) is 1. The fraction of sp³-hybridized carbons (Fsp3) is 0.286. The lowest BCUT2D eigenvalue weighted by Gasteiger charge is -2.19. The van der Waals surface area contributed by atoms with Crippen LogP contribution in [0.25, 0.3) is 0 Å². The number of rotatable bonds is 5. The summed E-state index contributed by atoms with van der Waals surface area (Å²) in [6.45, 7) is 5.37. The normalized spacial score (nSPS) is 12.3. The Bertz CT molecular complexity index is 708. The summed E-state index contributed by atoms with van der Waals surface area (Å²) in [7, 11) is 1.71. The largest absolute Gasteiger partial charge is 0.325 e. The first kappa shape index (κ1) is 14.6. The lowest BCUT2D eigenvalue weighted by atomic mass is 10.1. The van der Waals surface area contributed by atoms with Crippen molar-refractivity contribution in [3.05, 3.63) is 57.5 Å². The monoisotopic (exact) mass is 337 g/mol. The van der Waals surface area contributed by atoms with Gasteiger partial charge in [-0.15, -0.1) is 6.58 Å². The Morgan fingerprint density at radius 3 is 2.75 bits per heavy atom. The SMILES string of the molecule is C=C[C@@H](Cc1c[nH]c(=O)n1C)n1c(Br)ccc1C(C)=O. The molecule has 0 amide bonds.